The monoisotopic (exact) mass is 388 g/mol. The normalized spacial score (nSPS) is 11.0. The third-order valence-electron chi connectivity index (χ3n) is 4.31. The van der Waals surface area contributed by atoms with E-state index in [0.717, 1.165) is 16.8 Å². The maximum atomic E-state index is 12.4. The number of rotatable bonds is 6. The van der Waals surface area contributed by atoms with Gasteiger partial charge in [-0.1, -0.05) is 42.5 Å². The maximum absolute atomic E-state index is 12.4. The highest BCUT2D eigenvalue weighted by molar-refractivity contribution is 6.13. The second kappa shape index (κ2) is 8.79. The first kappa shape index (κ1) is 19.8. The minimum absolute atomic E-state index is 0.0731. The van der Waals surface area contributed by atoms with Crippen LogP contribution in [0.3, 0.4) is 0 Å². The summed E-state index contributed by atoms with van der Waals surface area (Å²) < 4.78 is 0. The number of non-ortho nitro benzene ring substituents is 1. The van der Waals surface area contributed by atoms with Crippen molar-refractivity contribution in [1.29, 1.82) is 0 Å². The fourth-order valence-electron chi connectivity index (χ4n) is 2.71. The van der Waals surface area contributed by atoms with Crippen LogP contribution in [-0.4, -0.2) is 30.6 Å². The smallest absolute Gasteiger partial charge is 0.271 e. The van der Waals surface area contributed by atoms with Crippen molar-refractivity contribution >= 4 is 23.0 Å². The van der Waals surface area contributed by atoms with E-state index in [1.54, 1.807) is 0 Å². The van der Waals surface area contributed by atoms with Gasteiger partial charge in [0.25, 0.3) is 11.6 Å². The standard InChI is InChI=1S/C22H20N4O3/c1-25(2)19-12-8-17(9-13-19)21(16-6-4-3-5-7-16)23-24-22(27)18-10-14-20(15-11-18)26(28)29/h3-15H,1-2H3,(H,24,27). The van der Waals surface area contributed by atoms with E-state index in [-0.39, 0.29) is 11.3 Å². The number of carbonyl (C=O) groups excluding carboxylic acids is 1. The quantitative estimate of drug-likeness (QED) is 0.395. The summed E-state index contributed by atoms with van der Waals surface area (Å²) in [6.07, 6.45) is 0. The number of amides is 1. The van der Waals surface area contributed by atoms with Gasteiger partial charge in [0, 0.05) is 48.6 Å². The largest absolute Gasteiger partial charge is 0.378 e. The van der Waals surface area contributed by atoms with Gasteiger partial charge < -0.3 is 4.90 Å². The van der Waals surface area contributed by atoms with Gasteiger partial charge >= 0.3 is 0 Å². The molecule has 0 saturated heterocycles. The number of nitro groups is 1. The minimum Gasteiger partial charge on any atom is -0.378 e. The van der Waals surface area contributed by atoms with Crippen molar-refractivity contribution in [3.05, 3.63) is 106 Å². The number of nitrogens with zero attached hydrogens (tertiary/aromatic N) is 3. The molecule has 0 fully saturated rings. The van der Waals surface area contributed by atoms with Crippen LogP contribution in [0.1, 0.15) is 21.5 Å². The highest BCUT2D eigenvalue weighted by Gasteiger charge is 2.11. The van der Waals surface area contributed by atoms with Crippen molar-refractivity contribution in [1.82, 2.24) is 5.43 Å². The number of benzene rings is 3. The molecule has 0 unspecified atom stereocenters. The number of hydrazone groups is 1. The van der Waals surface area contributed by atoms with Gasteiger partial charge in [-0.25, -0.2) is 5.43 Å². The lowest BCUT2D eigenvalue weighted by Gasteiger charge is -2.13. The first-order chi connectivity index (χ1) is 14.0. The topological polar surface area (TPSA) is 87.8 Å². The number of hydrogen-bond acceptors (Lipinski definition) is 5. The third kappa shape index (κ3) is 4.84. The Morgan fingerprint density at radius 1 is 0.862 bits per heavy atom. The number of carbonyl (C=O) groups is 1. The highest BCUT2D eigenvalue weighted by atomic mass is 16.6. The Morgan fingerprint density at radius 2 is 1.41 bits per heavy atom. The Hall–Kier alpha value is -4.00. The number of hydrogen-bond donors (Lipinski definition) is 1. The summed E-state index contributed by atoms with van der Waals surface area (Å²) in [6.45, 7) is 0. The summed E-state index contributed by atoms with van der Waals surface area (Å²) in [7, 11) is 3.93. The lowest BCUT2D eigenvalue weighted by Crippen LogP contribution is -2.20. The van der Waals surface area contributed by atoms with Crippen LogP contribution in [-0.2, 0) is 0 Å². The molecule has 7 heteroatoms. The van der Waals surface area contributed by atoms with E-state index in [2.05, 4.69) is 10.5 Å². The first-order valence-electron chi connectivity index (χ1n) is 8.91. The molecule has 0 saturated carbocycles. The number of nitrogens with one attached hydrogen (secondary N) is 1. The second-order valence-corrected chi connectivity index (χ2v) is 6.51. The molecule has 0 spiro atoms. The lowest BCUT2D eigenvalue weighted by molar-refractivity contribution is -0.384. The van der Waals surface area contributed by atoms with Crippen molar-refractivity contribution in [3.8, 4) is 0 Å². The Labute approximate surface area is 168 Å². The summed E-state index contributed by atoms with van der Waals surface area (Å²) in [6, 6.07) is 22.8. The van der Waals surface area contributed by atoms with Crippen LogP contribution >= 0.6 is 0 Å². The van der Waals surface area contributed by atoms with Gasteiger partial charge in [-0.05, 0) is 24.3 Å². The van der Waals surface area contributed by atoms with E-state index in [4.69, 9.17) is 0 Å². The summed E-state index contributed by atoms with van der Waals surface area (Å²) in [4.78, 5) is 24.7. The van der Waals surface area contributed by atoms with Crippen molar-refractivity contribution < 1.29 is 9.72 Å². The maximum Gasteiger partial charge on any atom is 0.271 e. The van der Waals surface area contributed by atoms with Crippen LogP contribution in [0.25, 0.3) is 0 Å². The zero-order valence-corrected chi connectivity index (χ0v) is 16.1. The molecule has 3 aromatic rings. The Bertz CT molecular complexity index is 1030. The average molecular weight is 388 g/mol. The third-order valence-corrected chi connectivity index (χ3v) is 4.31. The molecular weight excluding hydrogens is 368 g/mol. The van der Waals surface area contributed by atoms with E-state index in [1.165, 1.54) is 24.3 Å². The molecule has 0 bridgehead atoms. The average Bonchev–Trinajstić information content (AvgIpc) is 2.75. The Balaban J connectivity index is 1.88. The fraction of sp³-hybridized carbons (Fsp3) is 0.0909. The van der Waals surface area contributed by atoms with Crippen molar-refractivity contribution in [2.24, 2.45) is 5.10 Å². The lowest BCUT2D eigenvalue weighted by atomic mass is 10.0. The van der Waals surface area contributed by atoms with Gasteiger partial charge in [0.2, 0.25) is 0 Å². The summed E-state index contributed by atoms with van der Waals surface area (Å²) in [5.41, 5.74) is 6.14. The molecule has 0 heterocycles. The molecule has 1 amide bonds. The van der Waals surface area contributed by atoms with E-state index < -0.39 is 10.8 Å². The molecule has 0 atom stereocenters. The van der Waals surface area contributed by atoms with Gasteiger partial charge in [0.05, 0.1) is 10.6 Å². The summed E-state index contributed by atoms with van der Waals surface area (Å²) in [5, 5.41) is 15.1. The molecule has 29 heavy (non-hydrogen) atoms. The predicted molar refractivity (Wildman–Crippen MR) is 113 cm³/mol. The minimum atomic E-state index is -0.509. The van der Waals surface area contributed by atoms with Crippen LogP contribution in [0.4, 0.5) is 11.4 Å². The molecule has 0 aliphatic heterocycles. The van der Waals surface area contributed by atoms with Crippen molar-refractivity contribution in [2.45, 2.75) is 0 Å². The van der Waals surface area contributed by atoms with Crippen LogP contribution in [0.5, 0.6) is 0 Å². The van der Waals surface area contributed by atoms with Gasteiger partial charge in [0.1, 0.15) is 0 Å². The van der Waals surface area contributed by atoms with Gasteiger partial charge in [0.15, 0.2) is 0 Å². The van der Waals surface area contributed by atoms with E-state index >= 15 is 0 Å². The van der Waals surface area contributed by atoms with Crippen LogP contribution in [0.15, 0.2) is 84.0 Å². The highest BCUT2D eigenvalue weighted by Crippen LogP contribution is 2.17. The number of anilines is 1. The second-order valence-electron chi connectivity index (χ2n) is 6.51. The van der Waals surface area contributed by atoms with E-state index in [9.17, 15) is 14.9 Å². The van der Waals surface area contributed by atoms with Gasteiger partial charge in [-0.2, -0.15) is 5.10 Å². The molecule has 0 radical (unpaired) electrons. The molecule has 3 rings (SSSR count). The van der Waals surface area contributed by atoms with Crippen LogP contribution < -0.4 is 10.3 Å². The van der Waals surface area contributed by atoms with Gasteiger partial charge in [-0.15, -0.1) is 0 Å². The fourth-order valence-corrected chi connectivity index (χ4v) is 2.71. The van der Waals surface area contributed by atoms with Crippen molar-refractivity contribution in [2.75, 3.05) is 19.0 Å². The van der Waals surface area contributed by atoms with Crippen molar-refractivity contribution in [3.63, 3.8) is 0 Å². The predicted octanol–water partition coefficient (Wildman–Crippen LogP) is 3.84. The summed E-state index contributed by atoms with van der Waals surface area (Å²) in [5.74, 6) is -0.446. The van der Waals surface area contributed by atoms with Crippen LogP contribution in [0.2, 0.25) is 0 Å². The molecule has 7 nitrogen and oxygen atoms in total. The SMILES string of the molecule is CN(C)c1ccc(C(=NNC(=O)c2ccc([N+](=O)[O-])cc2)c2ccccc2)cc1. The molecule has 0 aliphatic rings. The molecule has 3 aromatic carbocycles. The summed E-state index contributed by atoms with van der Waals surface area (Å²) >= 11 is 0. The molecular formula is C22H20N4O3. The molecule has 146 valence electrons. The Morgan fingerprint density at radius 3 is 1.97 bits per heavy atom. The van der Waals surface area contributed by atoms with E-state index in [1.807, 2.05) is 73.6 Å². The van der Waals surface area contributed by atoms with Crippen LogP contribution in [0, 0.1) is 10.1 Å². The number of nitro benzene ring substituents is 1. The molecule has 0 aromatic heterocycles. The van der Waals surface area contributed by atoms with E-state index in [0.29, 0.717) is 5.71 Å². The molecule has 1 N–H and O–H groups in total. The molecule has 0 aliphatic carbocycles. The zero-order chi connectivity index (χ0) is 20.8. The first-order valence-corrected chi connectivity index (χ1v) is 8.91. The Kier molecular flexibility index (Phi) is 5.99. The zero-order valence-electron chi connectivity index (χ0n) is 16.1. The van der Waals surface area contributed by atoms with Gasteiger partial charge in [-0.3, -0.25) is 14.9 Å².